The average molecular weight is 980 g/mol. The smallest absolute Gasteiger partial charge is 0.343 e. The first-order valence-corrected chi connectivity index (χ1v) is 25.5. The maximum absolute atomic E-state index is 13.7. The highest BCUT2D eigenvalue weighted by atomic mass is 79.9. The van der Waals surface area contributed by atoms with Gasteiger partial charge in [-0.1, -0.05) is 6.07 Å². The van der Waals surface area contributed by atoms with Crippen LogP contribution in [0.2, 0.25) is 0 Å². The number of methoxy groups -OCH3 is 1. The number of carbonyl (C=O) groups excluding carboxylic acids is 4. The van der Waals surface area contributed by atoms with Crippen LogP contribution < -0.4 is 35.8 Å². The lowest BCUT2D eigenvalue weighted by Crippen LogP contribution is -2.58. The molecule has 9 rings (SSSR count). The Hall–Kier alpha value is -6.17. The molecule has 3 N–H and O–H groups in total. The van der Waals surface area contributed by atoms with Crippen LogP contribution in [0.5, 0.6) is 5.75 Å². The molecule has 0 spiro atoms. The van der Waals surface area contributed by atoms with E-state index < -0.39 is 30.9 Å². The third-order valence-electron chi connectivity index (χ3n) is 13.0. The molecule has 20 heteroatoms. The molecule has 0 atom stereocenters. The summed E-state index contributed by atoms with van der Waals surface area (Å²) < 4.78 is 20.1. The summed E-state index contributed by atoms with van der Waals surface area (Å²) in [6.07, 6.45) is 8.81. The zero-order chi connectivity index (χ0) is 46.4. The van der Waals surface area contributed by atoms with Crippen molar-refractivity contribution in [3.05, 3.63) is 82.2 Å². The summed E-state index contributed by atoms with van der Waals surface area (Å²) >= 11 is 3.58. The van der Waals surface area contributed by atoms with Crippen molar-refractivity contribution in [2.45, 2.75) is 45.1 Å². The highest BCUT2D eigenvalue weighted by Crippen LogP contribution is 2.42. The minimum atomic E-state index is -2.79. The van der Waals surface area contributed by atoms with Crippen molar-refractivity contribution in [1.29, 1.82) is 0 Å². The van der Waals surface area contributed by atoms with E-state index in [4.69, 9.17) is 9.72 Å². The van der Waals surface area contributed by atoms with Crippen molar-refractivity contribution in [2.75, 3.05) is 87.2 Å². The van der Waals surface area contributed by atoms with E-state index in [0.717, 1.165) is 85.4 Å². The Labute approximate surface area is 391 Å². The lowest BCUT2D eigenvalue weighted by molar-refractivity contribution is -0.122. The number of piperidine rings is 2. The summed E-state index contributed by atoms with van der Waals surface area (Å²) in [5.74, 6) is 0.455. The van der Waals surface area contributed by atoms with Gasteiger partial charge in [0.1, 0.15) is 24.2 Å². The standard InChI is InChI=1S/C46H52BrN12O6P/c1-27-23-34(52-45-50-25-31(47)42(54-45)51-33-10-9-32-40(49-17-16-48-32)41(33)66(4,5)64)37(65-3)24-36(27)57-20-13-29(14-21-57)55(2)26-28-11-18-56(19-12-28)35-8-6-7-30-39(35)44(62)59(43(30)61)58-22-15-38(60)53-46(58)63/h6-10,16-17,23-25,28-29H,11-15,18-22,26H2,1-5H3,(H,53,60,63)(H2,50,51,52,54). The predicted octanol–water partition coefficient (Wildman–Crippen LogP) is 6.50. The molecule has 2 aromatic heterocycles. The number of hydrogen-bond donors (Lipinski definition) is 3. The van der Waals surface area contributed by atoms with Gasteiger partial charge >= 0.3 is 6.03 Å². The molecule has 0 bridgehead atoms. The number of amides is 5. The van der Waals surface area contributed by atoms with E-state index in [9.17, 15) is 23.7 Å². The number of hydrazine groups is 1. The highest BCUT2D eigenvalue weighted by molar-refractivity contribution is 9.10. The first-order chi connectivity index (χ1) is 31.7. The Morgan fingerprint density at radius 2 is 1.61 bits per heavy atom. The molecule has 3 saturated heterocycles. The normalized spacial score (nSPS) is 17.5. The molecule has 0 unspecified atom stereocenters. The van der Waals surface area contributed by atoms with Crippen LogP contribution in [0.15, 0.2) is 65.5 Å². The molecule has 0 radical (unpaired) electrons. The minimum Gasteiger partial charge on any atom is -0.494 e. The van der Waals surface area contributed by atoms with Gasteiger partial charge in [0.2, 0.25) is 11.9 Å². The third kappa shape index (κ3) is 8.78. The number of urea groups is 1. The molecule has 5 amide bonds. The van der Waals surface area contributed by atoms with Gasteiger partial charge in [0, 0.05) is 75.5 Å². The molecule has 0 saturated carbocycles. The second-order valence-electron chi connectivity index (χ2n) is 17.7. The number of rotatable bonds is 12. The van der Waals surface area contributed by atoms with Crippen molar-refractivity contribution in [3.8, 4) is 5.75 Å². The van der Waals surface area contributed by atoms with Crippen LogP contribution in [0.3, 0.4) is 0 Å². The monoisotopic (exact) mass is 978 g/mol. The Morgan fingerprint density at radius 3 is 2.33 bits per heavy atom. The summed E-state index contributed by atoms with van der Waals surface area (Å²) in [5.41, 5.74) is 6.09. The van der Waals surface area contributed by atoms with Crippen LogP contribution in [-0.4, -0.2) is 131 Å². The van der Waals surface area contributed by atoms with Crippen molar-refractivity contribution >= 4 is 97.7 Å². The number of aryl methyl sites for hydroxylation is 1. The molecular weight excluding hydrogens is 927 g/mol. The number of fused-ring (bicyclic) bond motifs is 2. The summed E-state index contributed by atoms with van der Waals surface area (Å²) in [6, 6.07) is 12.8. The summed E-state index contributed by atoms with van der Waals surface area (Å²) in [6.45, 7) is 9.76. The fraction of sp³-hybridized carbons (Fsp3) is 0.391. The van der Waals surface area contributed by atoms with Crippen LogP contribution in [0.4, 0.5) is 39.3 Å². The second kappa shape index (κ2) is 18.2. The Morgan fingerprint density at radius 1 is 0.879 bits per heavy atom. The number of carbonyl (C=O) groups is 4. The van der Waals surface area contributed by atoms with E-state index in [0.29, 0.717) is 67.2 Å². The van der Waals surface area contributed by atoms with Gasteiger partial charge < -0.3 is 34.6 Å². The van der Waals surface area contributed by atoms with Gasteiger partial charge in [-0.25, -0.2) is 14.8 Å². The van der Waals surface area contributed by atoms with Crippen LogP contribution in [-0.2, 0) is 9.36 Å². The maximum atomic E-state index is 13.7. The van der Waals surface area contributed by atoms with Gasteiger partial charge in [0.15, 0.2) is 0 Å². The molecule has 18 nitrogen and oxygen atoms in total. The number of aromatic nitrogens is 4. The first kappa shape index (κ1) is 45.0. The van der Waals surface area contributed by atoms with Crippen LogP contribution in [0.1, 0.15) is 58.4 Å². The quantitative estimate of drug-likeness (QED) is 0.0904. The van der Waals surface area contributed by atoms with Crippen molar-refractivity contribution in [2.24, 2.45) is 5.92 Å². The zero-order valence-corrected chi connectivity index (χ0v) is 40.0. The zero-order valence-electron chi connectivity index (χ0n) is 37.5. The lowest BCUT2D eigenvalue weighted by Gasteiger charge is -2.41. The number of halogens is 1. The lowest BCUT2D eigenvalue weighted by atomic mass is 9.93. The number of ether oxygens (including phenoxy) is 1. The van der Waals surface area contributed by atoms with E-state index in [1.165, 1.54) is 0 Å². The van der Waals surface area contributed by atoms with Crippen molar-refractivity contribution in [1.82, 2.24) is 40.2 Å². The molecule has 3 fully saturated rings. The third-order valence-corrected chi connectivity index (χ3v) is 15.1. The number of imide groups is 2. The molecule has 5 aromatic rings. The number of nitrogens with zero attached hydrogens (tertiary/aromatic N) is 9. The Kier molecular flexibility index (Phi) is 12.4. The van der Waals surface area contributed by atoms with E-state index >= 15 is 0 Å². The number of hydrogen-bond acceptors (Lipinski definition) is 15. The molecule has 0 aliphatic carbocycles. The first-order valence-electron chi connectivity index (χ1n) is 22.1. The molecule has 4 aliphatic rings. The fourth-order valence-electron chi connectivity index (χ4n) is 9.66. The van der Waals surface area contributed by atoms with Gasteiger partial charge in [-0.05, 0) is 111 Å². The summed E-state index contributed by atoms with van der Waals surface area (Å²) in [7, 11) is 1.09. The topological polar surface area (TPSA) is 198 Å². The largest absolute Gasteiger partial charge is 0.494 e. The van der Waals surface area contributed by atoms with E-state index in [1.807, 2.05) is 18.2 Å². The molecule has 3 aromatic carbocycles. The Balaban J connectivity index is 0.802. The molecular formula is C46H52BrN12O6P. The highest BCUT2D eigenvalue weighted by Gasteiger charge is 2.45. The van der Waals surface area contributed by atoms with Crippen molar-refractivity contribution < 1.29 is 28.5 Å². The number of anilines is 6. The number of benzene rings is 3. The van der Waals surface area contributed by atoms with Crippen LogP contribution in [0.25, 0.3) is 11.0 Å². The van der Waals surface area contributed by atoms with E-state index in [2.05, 4.69) is 87.6 Å². The second-order valence-corrected chi connectivity index (χ2v) is 21.7. The van der Waals surface area contributed by atoms with Gasteiger partial charge in [-0.3, -0.25) is 29.7 Å². The van der Waals surface area contributed by atoms with Gasteiger partial charge in [0.05, 0.1) is 57.1 Å². The van der Waals surface area contributed by atoms with E-state index in [1.54, 1.807) is 51.2 Å². The maximum Gasteiger partial charge on any atom is 0.343 e. The van der Waals surface area contributed by atoms with Crippen LogP contribution >= 0.6 is 23.1 Å². The van der Waals surface area contributed by atoms with Crippen molar-refractivity contribution in [3.63, 3.8) is 0 Å². The summed E-state index contributed by atoms with van der Waals surface area (Å²) in [4.78, 5) is 76.7. The van der Waals surface area contributed by atoms with Gasteiger partial charge in [0.25, 0.3) is 11.8 Å². The minimum absolute atomic E-state index is 0.0127. The molecule has 4 aliphatic heterocycles. The van der Waals surface area contributed by atoms with Gasteiger partial charge in [-0.15, -0.1) is 0 Å². The molecule has 66 heavy (non-hydrogen) atoms. The Bertz CT molecular complexity index is 2810. The summed E-state index contributed by atoms with van der Waals surface area (Å²) in [5, 5.41) is 11.4. The fourth-order valence-corrected chi connectivity index (χ4v) is 11.3. The van der Waals surface area contributed by atoms with Gasteiger partial charge in [-0.2, -0.15) is 9.99 Å². The SMILES string of the molecule is COc1cc(N2CCC(N(C)CC3CCN(c4cccc5c4C(=O)N(N4CCC(=O)NC4=O)C5=O)CC3)CC2)c(C)cc1Nc1ncc(Br)c(Nc2ccc3nccnc3c2P(C)(C)=O)n1. The molecule has 6 heterocycles. The predicted molar refractivity (Wildman–Crippen MR) is 257 cm³/mol. The number of nitrogens with one attached hydrogen (secondary N) is 3. The van der Waals surface area contributed by atoms with Crippen LogP contribution in [0, 0.1) is 12.8 Å². The molecule has 344 valence electrons. The van der Waals surface area contributed by atoms with E-state index in [-0.39, 0.29) is 18.5 Å². The average Bonchev–Trinajstić information content (AvgIpc) is 3.55.